The van der Waals surface area contributed by atoms with E-state index in [1.165, 1.54) is 0 Å². The minimum absolute atomic E-state index is 0.343. The SMILES string of the molecule is Cc1c[c]cc(-c2ccccc2)c1O. The van der Waals surface area contributed by atoms with Crippen molar-refractivity contribution in [2.75, 3.05) is 0 Å². The summed E-state index contributed by atoms with van der Waals surface area (Å²) in [6.45, 7) is 1.87. The fourth-order valence-corrected chi connectivity index (χ4v) is 1.44. The number of hydrogen-bond acceptors (Lipinski definition) is 1. The first-order chi connectivity index (χ1) is 6.79. The van der Waals surface area contributed by atoms with Crippen LogP contribution >= 0.6 is 0 Å². The molecule has 2 aromatic carbocycles. The van der Waals surface area contributed by atoms with Crippen LogP contribution in [0.25, 0.3) is 11.1 Å². The number of aryl methyl sites for hydroxylation is 1. The summed E-state index contributed by atoms with van der Waals surface area (Å²) in [5.74, 6) is 0.343. The van der Waals surface area contributed by atoms with Gasteiger partial charge >= 0.3 is 0 Å². The first kappa shape index (κ1) is 8.82. The van der Waals surface area contributed by atoms with E-state index in [9.17, 15) is 5.11 Å². The molecular weight excluding hydrogens is 172 g/mol. The summed E-state index contributed by atoms with van der Waals surface area (Å²) < 4.78 is 0. The van der Waals surface area contributed by atoms with Crippen LogP contribution in [0.3, 0.4) is 0 Å². The molecule has 2 rings (SSSR count). The highest BCUT2D eigenvalue weighted by molar-refractivity contribution is 5.71. The van der Waals surface area contributed by atoms with Gasteiger partial charge in [0.2, 0.25) is 0 Å². The van der Waals surface area contributed by atoms with Crippen LogP contribution in [0, 0.1) is 13.0 Å². The van der Waals surface area contributed by atoms with E-state index < -0.39 is 0 Å². The summed E-state index contributed by atoms with van der Waals surface area (Å²) in [6, 6.07) is 16.4. The highest BCUT2D eigenvalue weighted by atomic mass is 16.3. The van der Waals surface area contributed by atoms with Crippen molar-refractivity contribution in [3.63, 3.8) is 0 Å². The van der Waals surface area contributed by atoms with Gasteiger partial charge in [0.25, 0.3) is 0 Å². The molecule has 0 aliphatic carbocycles. The zero-order valence-electron chi connectivity index (χ0n) is 7.99. The number of aromatic hydroxyl groups is 1. The normalized spacial score (nSPS) is 10.1. The lowest BCUT2D eigenvalue weighted by Gasteiger charge is -2.06. The van der Waals surface area contributed by atoms with Crippen molar-refractivity contribution >= 4 is 0 Å². The van der Waals surface area contributed by atoms with Crippen molar-refractivity contribution in [1.82, 2.24) is 0 Å². The summed E-state index contributed by atoms with van der Waals surface area (Å²) >= 11 is 0. The standard InChI is InChI=1S/C13H11O/c1-10-6-5-9-12(13(10)14)11-7-3-2-4-8-11/h2-4,6-9,14H,1H3. The van der Waals surface area contributed by atoms with E-state index in [-0.39, 0.29) is 0 Å². The number of phenolic OH excluding ortho intramolecular Hbond substituents is 1. The highest BCUT2D eigenvalue weighted by Gasteiger charge is 2.04. The molecule has 1 heteroatoms. The van der Waals surface area contributed by atoms with Crippen molar-refractivity contribution in [1.29, 1.82) is 0 Å². The zero-order chi connectivity index (χ0) is 9.97. The van der Waals surface area contributed by atoms with Gasteiger partial charge in [-0.3, -0.25) is 0 Å². The van der Waals surface area contributed by atoms with Crippen LogP contribution in [0.15, 0.2) is 42.5 Å². The van der Waals surface area contributed by atoms with Crippen molar-refractivity contribution in [2.24, 2.45) is 0 Å². The summed E-state index contributed by atoms with van der Waals surface area (Å²) in [6.07, 6.45) is 0. The molecule has 0 fully saturated rings. The fraction of sp³-hybridized carbons (Fsp3) is 0.0769. The molecule has 0 aliphatic heterocycles. The highest BCUT2D eigenvalue weighted by Crippen LogP contribution is 2.30. The molecule has 0 saturated carbocycles. The third-order valence-electron chi connectivity index (χ3n) is 2.24. The van der Waals surface area contributed by atoms with Crippen molar-refractivity contribution < 1.29 is 5.11 Å². The Morgan fingerprint density at radius 1 is 1.07 bits per heavy atom. The topological polar surface area (TPSA) is 20.2 Å². The molecule has 69 valence electrons. The van der Waals surface area contributed by atoms with Crippen LogP contribution in [-0.2, 0) is 0 Å². The smallest absolute Gasteiger partial charge is 0.126 e. The number of phenols is 1. The van der Waals surface area contributed by atoms with Crippen molar-refractivity contribution in [2.45, 2.75) is 6.92 Å². The predicted molar refractivity (Wildman–Crippen MR) is 57.1 cm³/mol. The average molecular weight is 183 g/mol. The molecule has 0 heterocycles. The molecule has 0 spiro atoms. The quantitative estimate of drug-likeness (QED) is 0.720. The maximum atomic E-state index is 9.83. The van der Waals surface area contributed by atoms with Crippen LogP contribution in [-0.4, -0.2) is 5.11 Å². The molecule has 0 aromatic heterocycles. The Morgan fingerprint density at radius 2 is 1.79 bits per heavy atom. The molecule has 0 bridgehead atoms. The largest absolute Gasteiger partial charge is 0.507 e. The summed E-state index contributed by atoms with van der Waals surface area (Å²) in [5, 5.41) is 9.83. The first-order valence-corrected chi connectivity index (χ1v) is 4.54. The van der Waals surface area contributed by atoms with Gasteiger partial charge < -0.3 is 5.11 Å². The Balaban J connectivity index is 2.58. The fourth-order valence-electron chi connectivity index (χ4n) is 1.44. The van der Waals surface area contributed by atoms with E-state index in [0.717, 1.165) is 16.7 Å². The van der Waals surface area contributed by atoms with Gasteiger partial charge in [-0.15, -0.1) is 0 Å². The van der Waals surface area contributed by atoms with Gasteiger partial charge in [0.15, 0.2) is 0 Å². The molecule has 1 nitrogen and oxygen atoms in total. The van der Waals surface area contributed by atoms with E-state index in [0.29, 0.717) is 5.75 Å². The Hall–Kier alpha value is -1.76. The van der Waals surface area contributed by atoms with Crippen LogP contribution in [0.1, 0.15) is 5.56 Å². The lowest BCUT2D eigenvalue weighted by molar-refractivity contribution is 0.473. The second-order valence-corrected chi connectivity index (χ2v) is 3.27. The maximum absolute atomic E-state index is 9.83. The minimum atomic E-state index is 0.343. The van der Waals surface area contributed by atoms with Crippen molar-refractivity contribution in [3.8, 4) is 16.9 Å². The van der Waals surface area contributed by atoms with Crippen molar-refractivity contribution in [3.05, 3.63) is 54.1 Å². The molecule has 1 N–H and O–H groups in total. The number of hydrogen-bond donors (Lipinski definition) is 1. The maximum Gasteiger partial charge on any atom is 0.126 e. The molecule has 0 amide bonds. The average Bonchev–Trinajstić information content (AvgIpc) is 2.23. The Morgan fingerprint density at radius 3 is 2.50 bits per heavy atom. The zero-order valence-corrected chi connectivity index (χ0v) is 7.99. The van der Waals surface area contributed by atoms with E-state index in [1.807, 2.05) is 37.3 Å². The lowest BCUT2D eigenvalue weighted by atomic mass is 10.0. The van der Waals surface area contributed by atoms with Gasteiger partial charge in [0.05, 0.1) is 0 Å². The molecule has 1 radical (unpaired) electrons. The van der Waals surface area contributed by atoms with Gasteiger partial charge in [0, 0.05) is 5.56 Å². The van der Waals surface area contributed by atoms with E-state index >= 15 is 0 Å². The van der Waals surface area contributed by atoms with Crippen LogP contribution in [0.5, 0.6) is 5.75 Å². The van der Waals surface area contributed by atoms with Gasteiger partial charge in [-0.05, 0) is 36.2 Å². The molecule has 0 unspecified atom stereocenters. The summed E-state index contributed by atoms with van der Waals surface area (Å²) in [5.41, 5.74) is 2.71. The van der Waals surface area contributed by atoms with Crippen LogP contribution < -0.4 is 0 Å². The van der Waals surface area contributed by atoms with Crippen LogP contribution in [0.2, 0.25) is 0 Å². The molecule has 0 atom stereocenters. The Bertz CT molecular complexity index is 432. The van der Waals surface area contributed by atoms with E-state index in [2.05, 4.69) is 6.07 Å². The molecule has 14 heavy (non-hydrogen) atoms. The van der Waals surface area contributed by atoms with E-state index in [4.69, 9.17) is 0 Å². The molecular formula is C13H11O. The summed E-state index contributed by atoms with van der Waals surface area (Å²) in [4.78, 5) is 0. The minimum Gasteiger partial charge on any atom is -0.507 e. The van der Waals surface area contributed by atoms with Crippen LogP contribution in [0.4, 0.5) is 0 Å². The first-order valence-electron chi connectivity index (χ1n) is 4.54. The predicted octanol–water partition coefficient (Wildman–Crippen LogP) is 3.17. The van der Waals surface area contributed by atoms with Gasteiger partial charge in [-0.1, -0.05) is 30.3 Å². The monoisotopic (exact) mass is 183 g/mol. The third kappa shape index (κ3) is 1.49. The van der Waals surface area contributed by atoms with Gasteiger partial charge in [-0.25, -0.2) is 0 Å². The molecule has 0 aliphatic rings. The molecule has 2 aromatic rings. The Labute approximate surface area is 83.6 Å². The Kier molecular flexibility index (Phi) is 2.23. The van der Waals surface area contributed by atoms with Gasteiger partial charge in [0.1, 0.15) is 5.75 Å². The lowest BCUT2D eigenvalue weighted by Crippen LogP contribution is -1.81. The number of rotatable bonds is 1. The molecule has 0 saturated heterocycles. The third-order valence-corrected chi connectivity index (χ3v) is 2.24. The van der Waals surface area contributed by atoms with Gasteiger partial charge in [-0.2, -0.15) is 0 Å². The number of benzene rings is 2. The van der Waals surface area contributed by atoms with E-state index in [1.54, 1.807) is 12.1 Å². The summed E-state index contributed by atoms with van der Waals surface area (Å²) in [7, 11) is 0. The second-order valence-electron chi connectivity index (χ2n) is 3.27. The second kappa shape index (κ2) is 3.54.